The number of hydrogen-bond donors (Lipinski definition) is 3. The number of hydrogen-bond acceptors (Lipinski definition) is 8. The first-order valence-corrected chi connectivity index (χ1v) is 13.3. The molecule has 2 aromatic carbocycles. The molecular formula is C26H24ClF3N6O3S. The van der Waals surface area contributed by atoms with E-state index in [-0.39, 0.29) is 44.8 Å². The monoisotopic (exact) mass is 592 g/mol. The number of amides is 2. The van der Waals surface area contributed by atoms with Crippen molar-refractivity contribution in [3.63, 3.8) is 0 Å². The number of nitrogens with zero attached hydrogens (tertiary/aromatic N) is 3. The van der Waals surface area contributed by atoms with E-state index in [1.807, 2.05) is 6.07 Å². The maximum absolute atomic E-state index is 13.4. The number of nitrogens with two attached hydrogens (primary N) is 1. The summed E-state index contributed by atoms with van der Waals surface area (Å²) in [6, 6.07) is 10.9. The summed E-state index contributed by atoms with van der Waals surface area (Å²) in [4.78, 5) is 33.2. The first-order chi connectivity index (χ1) is 19.1. The van der Waals surface area contributed by atoms with Gasteiger partial charge < -0.3 is 21.1 Å². The van der Waals surface area contributed by atoms with E-state index in [2.05, 4.69) is 20.5 Å². The Morgan fingerprint density at radius 2 is 1.90 bits per heavy atom. The molecule has 4 N–H and O–H groups in total. The van der Waals surface area contributed by atoms with Crippen molar-refractivity contribution in [3.05, 3.63) is 69.9 Å². The molecule has 40 heavy (non-hydrogen) atoms. The number of para-hydroxylation sites is 1. The van der Waals surface area contributed by atoms with Crippen LogP contribution < -0.4 is 16.4 Å². The number of benzene rings is 2. The van der Waals surface area contributed by atoms with Crippen LogP contribution in [0, 0.1) is 11.3 Å². The zero-order chi connectivity index (χ0) is 28.9. The zero-order valence-corrected chi connectivity index (χ0v) is 22.5. The summed E-state index contributed by atoms with van der Waals surface area (Å²) >= 11 is 7.01. The Labute approximate surface area is 237 Å². The molecule has 1 saturated heterocycles. The van der Waals surface area contributed by atoms with E-state index >= 15 is 0 Å². The number of anilines is 2. The summed E-state index contributed by atoms with van der Waals surface area (Å²) < 4.78 is 45.1. The second kappa shape index (κ2) is 12.7. The van der Waals surface area contributed by atoms with Crippen LogP contribution in [0.15, 0.2) is 58.7 Å². The number of nitrogens with one attached hydrogen (secondary N) is 2. The first-order valence-electron chi connectivity index (χ1n) is 12.1. The van der Waals surface area contributed by atoms with Crippen molar-refractivity contribution in [3.8, 4) is 6.07 Å². The molecule has 0 saturated carbocycles. The lowest BCUT2D eigenvalue weighted by Crippen LogP contribution is -2.37. The molecule has 9 nitrogen and oxygen atoms in total. The van der Waals surface area contributed by atoms with Gasteiger partial charge in [0.05, 0.1) is 52.9 Å². The van der Waals surface area contributed by atoms with E-state index in [4.69, 9.17) is 22.1 Å². The van der Waals surface area contributed by atoms with Crippen molar-refractivity contribution >= 4 is 51.6 Å². The van der Waals surface area contributed by atoms with E-state index in [9.17, 15) is 28.0 Å². The number of carbonyl (C=O) groups is 2. The third kappa shape index (κ3) is 6.95. The summed E-state index contributed by atoms with van der Waals surface area (Å²) in [5.41, 5.74) is 5.28. The smallest absolute Gasteiger partial charge is 0.400 e. The van der Waals surface area contributed by atoms with Crippen molar-refractivity contribution in [2.75, 3.05) is 50.0 Å². The third-order valence-corrected chi connectivity index (χ3v) is 7.69. The van der Waals surface area contributed by atoms with Gasteiger partial charge in [-0.25, -0.2) is 0 Å². The molecule has 210 valence electrons. The van der Waals surface area contributed by atoms with Gasteiger partial charge in [-0.15, -0.1) is 0 Å². The van der Waals surface area contributed by atoms with E-state index in [1.54, 1.807) is 18.2 Å². The van der Waals surface area contributed by atoms with Crippen LogP contribution in [0.2, 0.25) is 5.02 Å². The molecule has 0 aliphatic carbocycles. The lowest BCUT2D eigenvalue weighted by molar-refractivity contribution is -0.137. The normalized spacial score (nSPS) is 19.0. The van der Waals surface area contributed by atoms with Gasteiger partial charge in [0.2, 0.25) is 5.91 Å². The highest BCUT2D eigenvalue weighted by Crippen LogP contribution is 2.37. The van der Waals surface area contributed by atoms with Gasteiger partial charge in [0, 0.05) is 25.3 Å². The molecular weight excluding hydrogens is 569 g/mol. The van der Waals surface area contributed by atoms with E-state index < -0.39 is 28.8 Å². The summed E-state index contributed by atoms with van der Waals surface area (Å²) in [6.07, 6.45) is -4.65. The van der Waals surface area contributed by atoms with Crippen LogP contribution in [0.25, 0.3) is 0 Å². The number of halogens is 4. The molecule has 2 amide bonds. The third-order valence-electron chi connectivity index (χ3n) is 6.10. The zero-order valence-electron chi connectivity index (χ0n) is 20.9. The number of ether oxygens (including phenoxy) is 1. The molecule has 14 heteroatoms. The second-order valence-electron chi connectivity index (χ2n) is 8.76. The molecule has 2 aliphatic rings. The Kier molecular flexibility index (Phi) is 9.36. The molecule has 1 fully saturated rings. The molecule has 1 unspecified atom stereocenters. The number of aliphatic imine (C=N–C) groups is 1. The van der Waals surface area contributed by atoms with Crippen molar-refractivity contribution < 1.29 is 27.5 Å². The minimum atomic E-state index is -4.65. The first kappa shape index (κ1) is 29.4. The Hall–Kier alpha value is -3.57. The minimum Gasteiger partial charge on any atom is -0.400 e. The maximum Gasteiger partial charge on any atom is 0.416 e. The van der Waals surface area contributed by atoms with Crippen LogP contribution in [0.4, 0.5) is 24.5 Å². The van der Waals surface area contributed by atoms with Crippen molar-refractivity contribution in [2.24, 2.45) is 10.7 Å². The number of thioether (sulfide) groups is 1. The van der Waals surface area contributed by atoms with Crippen molar-refractivity contribution in [1.82, 2.24) is 4.90 Å². The fraction of sp³-hybridized carbons (Fsp3) is 0.308. The number of nitriles is 1. The highest BCUT2D eigenvalue weighted by atomic mass is 35.5. The summed E-state index contributed by atoms with van der Waals surface area (Å²) in [5.74, 6) is -1.45. The average molecular weight is 593 g/mol. The van der Waals surface area contributed by atoms with Gasteiger partial charge in [-0.05, 0) is 30.3 Å². The van der Waals surface area contributed by atoms with Gasteiger partial charge in [-0.1, -0.05) is 35.5 Å². The van der Waals surface area contributed by atoms with Gasteiger partial charge in [0.15, 0.2) is 0 Å². The quantitative estimate of drug-likeness (QED) is 0.445. The largest absolute Gasteiger partial charge is 0.416 e. The SMILES string of the molecule is N#Cc1ccccc1NC(=O)C1SC(=NCCN2CCOCC2)C(C(=O)Nc2cc(C(F)(F)F)ccc2Cl)=C1N. The topological polar surface area (TPSA) is 133 Å². The van der Waals surface area contributed by atoms with Crippen LogP contribution >= 0.6 is 23.4 Å². The van der Waals surface area contributed by atoms with Gasteiger partial charge >= 0.3 is 6.18 Å². The van der Waals surface area contributed by atoms with Crippen LogP contribution in [0.5, 0.6) is 0 Å². The fourth-order valence-corrected chi connectivity index (χ4v) is 5.31. The van der Waals surface area contributed by atoms with E-state index in [1.165, 1.54) is 6.07 Å². The fourth-order valence-electron chi connectivity index (χ4n) is 4.02. The maximum atomic E-state index is 13.4. The Morgan fingerprint density at radius 3 is 2.60 bits per heavy atom. The van der Waals surface area contributed by atoms with Crippen LogP contribution in [0.1, 0.15) is 11.1 Å². The average Bonchev–Trinajstić information content (AvgIpc) is 3.26. The molecule has 2 aliphatic heterocycles. The molecule has 4 rings (SSSR count). The minimum absolute atomic E-state index is 0.112. The van der Waals surface area contributed by atoms with Gasteiger partial charge in [0.25, 0.3) is 5.91 Å². The molecule has 0 radical (unpaired) electrons. The second-order valence-corrected chi connectivity index (χ2v) is 10.3. The van der Waals surface area contributed by atoms with Crippen LogP contribution in [-0.4, -0.2) is 66.4 Å². The molecule has 2 aromatic rings. The summed E-state index contributed by atoms with van der Waals surface area (Å²) in [7, 11) is 0. The Bertz CT molecular complexity index is 1400. The van der Waals surface area contributed by atoms with Crippen LogP contribution in [0.3, 0.4) is 0 Å². The predicted octanol–water partition coefficient (Wildman–Crippen LogP) is 3.87. The number of rotatable bonds is 7. The standard InChI is InChI=1S/C26H24ClF3N6O3S/c27-17-6-5-16(26(28,29)30)13-19(17)35-23(37)20-21(32)22(24(38)34-18-4-2-1-3-15(18)14-31)40-25(20)33-7-8-36-9-11-39-12-10-36/h1-6,13,22H,7-12,32H2,(H,34,38)(H,35,37). The van der Waals surface area contributed by atoms with E-state index in [0.717, 1.165) is 43.1 Å². The summed E-state index contributed by atoms with van der Waals surface area (Å²) in [6.45, 7) is 3.48. The lowest BCUT2D eigenvalue weighted by atomic mass is 10.1. The predicted molar refractivity (Wildman–Crippen MR) is 147 cm³/mol. The molecule has 0 spiro atoms. The molecule has 2 heterocycles. The highest BCUT2D eigenvalue weighted by Gasteiger charge is 2.39. The number of carbonyl (C=O) groups excluding carboxylic acids is 2. The molecule has 0 aromatic heterocycles. The van der Waals surface area contributed by atoms with Crippen LogP contribution in [-0.2, 0) is 20.5 Å². The van der Waals surface area contributed by atoms with Gasteiger partial charge in [-0.3, -0.25) is 19.5 Å². The van der Waals surface area contributed by atoms with Gasteiger partial charge in [0.1, 0.15) is 16.4 Å². The Morgan fingerprint density at radius 1 is 1.18 bits per heavy atom. The Balaban J connectivity index is 1.61. The number of morpholine rings is 1. The van der Waals surface area contributed by atoms with Crippen molar-refractivity contribution in [1.29, 1.82) is 5.26 Å². The lowest BCUT2D eigenvalue weighted by Gasteiger charge is -2.25. The molecule has 1 atom stereocenters. The van der Waals surface area contributed by atoms with E-state index in [0.29, 0.717) is 19.8 Å². The number of alkyl halides is 3. The molecule has 0 bridgehead atoms. The van der Waals surface area contributed by atoms with Gasteiger partial charge in [-0.2, -0.15) is 18.4 Å². The highest BCUT2D eigenvalue weighted by molar-refractivity contribution is 8.16. The van der Waals surface area contributed by atoms with Crippen molar-refractivity contribution in [2.45, 2.75) is 11.4 Å². The summed E-state index contributed by atoms with van der Waals surface area (Å²) in [5, 5.41) is 13.4.